The van der Waals surface area contributed by atoms with Gasteiger partial charge in [0.15, 0.2) is 0 Å². The molecule has 2 heterocycles. The van der Waals surface area contributed by atoms with Gasteiger partial charge in [-0.2, -0.15) is 4.98 Å². The van der Waals surface area contributed by atoms with Gasteiger partial charge in [-0.15, -0.1) is 0 Å². The number of aromatic nitrogens is 2. The van der Waals surface area contributed by atoms with Crippen LogP contribution in [-0.2, 0) is 9.30 Å². The molecule has 120 valence electrons. The van der Waals surface area contributed by atoms with Crippen molar-refractivity contribution in [3.63, 3.8) is 0 Å². The lowest BCUT2D eigenvalue weighted by molar-refractivity contribution is 0.00926. The third kappa shape index (κ3) is 3.65. The maximum Gasteiger partial charge on any atom is 0.328 e. The van der Waals surface area contributed by atoms with Gasteiger partial charge >= 0.3 is 7.60 Å². The standard InChI is InChI=1S/C10H15N6O5P/c1-5-3-16(10(11)13-9(5)17)8-2-6(14-15-12)7(21-8)4-22(18,19)20/h3,6-8H,2,4H2,1H3,(H2,11,13,17)(H2,18,19,20)/t6-,7+,8+/m0/s1. The molecule has 2 rings (SSSR count). The molecule has 0 spiro atoms. The third-order valence-corrected chi connectivity index (χ3v) is 4.12. The highest BCUT2D eigenvalue weighted by Crippen LogP contribution is 2.42. The van der Waals surface area contributed by atoms with Crippen molar-refractivity contribution in [3.8, 4) is 0 Å². The first kappa shape index (κ1) is 16.5. The lowest BCUT2D eigenvalue weighted by Gasteiger charge is -2.18. The normalized spacial score (nSPS) is 25.0. The van der Waals surface area contributed by atoms with Crippen molar-refractivity contribution < 1.29 is 19.1 Å². The Kier molecular flexibility index (Phi) is 4.55. The summed E-state index contributed by atoms with van der Waals surface area (Å²) in [5, 5.41) is 3.51. The average Bonchev–Trinajstić information content (AvgIpc) is 2.75. The summed E-state index contributed by atoms with van der Waals surface area (Å²) in [4.78, 5) is 35.8. The van der Waals surface area contributed by atoms with Gasteiger partial charge < -0.3 is 20.3 Å². The Morgan fingerprint density at radius 1 is 1.68 bits per heavy atom. The van der Waals surface area contributed by atoms with Crippen LogP contribution in [0.15, 0.2) is 16.1 Å². The minimum absolute atomic E-state index is 0.0860. The predicted molar refractivity (Wildman–Crippen MR) is 76.0 cm³/mol. The second-order valence-corrected chi connectivity index (χ2v) is 6.67. The number of azide groups is 1. The maximum atomic E-state index is 11.4. The van der Waals surface area contributed by atoms with Crippen LogP contribution in [0.2, 0.25) is 0 Å². The predicted octanol–water partition coefficient (Wildman–Crippen LogP) is 0.278. The zero-order valence-electron chi connectivity index (χ0n) is 11.6. The Hall–Kier alpha value is -1.90. The van der Waals surface area contributed by atoms with E-state index in [-0.39, 0.29) is 12.4 Å². The first-order valence-electron chi connectivity index (χ1n) is 6.31. The highest BCUT2D eigenvalue weighted by molar-refractivity contribution is 7.51. The number of nitrogens with zero attached hydrogens (tertiary/aromatic N) is 5. The second kappa shape index (κ2) is 6.07. The van der Waals surface area contributed by atoms with Gasteiger partial charge in [0.25, 0.3) is 5.56 Å². The monoisotopic (exact) mass is 330 g/mol. The van der Waals surface area contributed by atoms with Crippen LogP contribution < -0.4 is 11.3 Å². The molecular formula is C10H15N6O5P. The number of hydrogen-bond donors (Lipinski definition) is 3. The summed E-state index contributed by atoms with van der Waals surface area (Å²) < 4.78 is 18.1. The lowest BCUT2D eigenvalue weighted by atomic mass is 10.1. The zero-order chi connectivity index (χ0) is 16.5. The van der Waals surface area contributed by atoms with E-state index in [0.717, 1.165) is 0 Å². The van der Waals surface area contributed by atoms with Crippen LogP contribution in [0.3, 0.4) is 0 Å². The van der Waals surface area contributed by atoms with Crippen LogP contribution in [-0.4, -0.2) is 37.6 Å². The molecule has 4 N–H and O–H groups in total. The fourth-order valence-corrected chi connectivity index (χ4v) is 3.08. The van der Waals surface area contributed by atoms with Crippen molar-refractivity contribution in [1.82, 2.24) is 9.55 Å². The largest absolute Gasteiger partial charge is 0.369 e. The zero-order valence-corrected chi connectivity index (χ0v) is 12.5. The van der Waals surface area contributed by atoms with Crippen LogP contribution in [0.1, 0.15) is 18.2 Å². The van der Waals surface area contributed by atoms with Gasteiger partial charge in [-0.25, -0.2) is 0 Å². The van der Waals surface area contributed by atoms with Gasteiger partial charge in [0.2, 0.25) is 5.95 Å². The van der Waals surface area contributed by atoms with Gasteiger partial charge in [-0.1, -0.05) is 5.11 Å². The van der Waals surface area contributed by atoms with Crippen LogP contribution in [0.4, 0.5) is 5.95 Å². The summed E-state index contributed by atoms with van der Waals surface area (Å²) in [5.41, 5.74) is 14.1. The Morgan fingerprint density at radius 3 is 2.95 bits per heavy atom. The quantitative estimate of drug-likeness (QED) is 0.307. The van der Waals surface area contributed by atoms with E-state index in [0.29, 0.717) is 5.56 Å². The van der Waals surface area contributed by atoms with Crippen LogP contribution >= 0.6 is 7.60 Å². The molecule has 1 aromatic heterocycles. The summed E-state index contributed by atoms with van der Waals surface area (Å²) >= 11 is 0. The van der Waals surface area contributed by atoms with Gasteiger partial charge in [0.05, 0.1) is 18.3 Å². The molecule has 0 unspecified atom stereocenters. The lowest BCUT2D eigenvalue weighted by Crippen LogP contribution is -2.24. The Labute approximate surface area is 124 Å². The first-order chi connectivity index (χ1) is 10.2. The van der Waals surface area contributed by atoms with Crippen LogP contribution in [0, 0.1) is 6.92 Å². The summed E-state index contributed by atoms with van der Waals surface area (Å²) in [6, 6.07) is -0.748. The molecule has 0 amide bonds. The van der Waals surface area contributed by atoms with Gasteiger partial charge in [0.1, 0.15) is 6.23 Å². The third-order valence-electron chi connectivity index (χ3n) is 3.28. The van der Waals surface area contributed by atoms with Crippen molar-refractivity contribution in [2.75, 3.05) is 11.9 Å². The second-order valence-electron chi connectivity index (χ2n) is 4.98. The summed E-state index contributed by atoms with van der Waals surface area (Å²) in [6.07, 6.45) is -0.620. The Balaban J connectivity index is 2.31. The number of nitrogen functional groups attached to an aromatic ring is 1. The topological polar surface area (TPSA) is 176 Å². The number of rotatable bonds is 4. The number of hydrogen-bond acceptors (Lipinski definition) is 6. The fourth-order valence-electron chi connectivity index (χ4n) is 2.28. The molecule has 12 heteroatoms. The summed E-state index contributed by atoms with van der Waals surface area (Å²) in [6.45, 7) is 1.55. The van der Waals surface area contributed by atoms with E-state index >= 15 is 0 Å². The Morgan fingerprint density at radius 2 is 2.36 bits per heavy atom. The first-order valence-corrected chi connectivity index (χ1v) is 8.10. The molecule has 0 radical (unpaired) electrons. The van der Waals surface area contributed by atoms with Crippen molar-refractivity contribution in [3.05, 3.63) is 32.6 Å². The fraction of sp³-hybridized carbons (Fsp3) is 0.600. The van der Waals surface area contributed by atoms with E-state index in [1.54, 1.807) is 6.92 Å². The van der Waals surface area contributed by atoms with E-state index in [1.807, 2.05) is 0 Å². The van der Waals surface area contributed by atoms with Gasteiger partial charge in [-0.3, -0.25) is 13.9 Å². The van der Waals surface area contributed by atoms with Crippen molar-refractivity contribution in [2.24, 2.45) is 5.11 Å². The van der Waals surface area contributed by atoms with E-state index in [2.05, 4.69) is 15.0 Å². The van der Waals surface area contributed by atoms with E-state index in [1.165, 1.54) is 10.8 Å². The van der Waals surface area contributed by atoms with E-state index < -0.39 is 37.7 Å². The molecule has 1 fully saturated rings. The number of nitrogens with two attached hydrogens (primary N) is 1. The molecule has 11 nitrogen and oxygen atoms in total. The molecular weight excluding hydrogens is 315 g/mol. The summed E-state index contributed by atoms with van der Waals surface area (Å²) in [7, 11) is -4.34. The average molecular weight is 330 g/mol. The molecule has 1 aliphatic rings. The minimum atomic E-state index is -4.34. The number of aryl methyl sites for hydroxylation is 1. The minimum Gasteiger partial charge on any atom is -0.369 e. The molecule has 0 aliphatic carbocycles. The SMILES string of the molecule is Cc1cn([C@H]2C[C@H](N=[N+]=[N-])[C@@H](CP(=O)(O)O)O2)c(N)nc1=O. The highest BCUT2D eigenvalue weighted by atomic mass is 31.2. The highest BCUT2D eigenvalue weighted by Gasteiger charge is 2.39. The Bertz CT molecular complexity index is 723. The van der Waals surface area contributed by atoms with E-state index in [9.17, 15) is 9.36 Å². The molecule has 0 aromatic carbocycles. The van der Waals surface area contributed by atoms with Crippen molar-refractivity contribution in [2.45, 2.75) is 31.7 Å². The number of ether oxygens (including phenoxy) is 1. The maximum absolute atomic E-state index is 11.4. The van der Waals surface area contributed by atoms with Crippen molar-refractivity contribution >= 4 is 13.5 Å². The number of anilines is 1. The van der Waals surface area contributed by atoms with Crippen LogP contribution in [0.25, 0.3) is 10.4 Å². The molecule has 22 heavy (non-hydrogen) atoms. The van der Waals surface area contributed by atoms with Gasteiger partial charge in [0, 0.05) is 23.1 Å². The van der Waals surface area contributed by atoms with Crippen molar-refractivity contribution in [1.29, 1.82) is 0 Å². The van der Waals surface area contributed by atoms with Gasteiger partial charge in [-0.05, 0) is 12.5 Å². The summed E-state index contributed by atoms with van der Waals surface area (Å²) in [5.74, 6) is -0.0860. The molecule has 1 saturated heterocycles. The smallest absolute Gasteiger partial charge is 0.328 e. The molecule has 0 bridgehead atoms. The molecule has 3 atom stereocenters. The molecule has 1 aliphatic heterocycles. The van der Waals surface area contributed by atoms with E-state index in [4.69, 9.17) is 25.8 Å². The molecule has 0 saturated carbocycles. The van der Waals surface area contributed by atoms with Crippen LogP contribution in [0.5, 0.6) is 0 Å². The molecule has 1 aromatic rings.